The van der Waals surface area contributed by atoms with E-state index in [9.17, 15) is 15.2 Å². The highest BCUT2D eigenvalue weighted by Gasteiger charge is 2.16. The van der Waals surface area contributed by atoms with Gasteiger partial charge in [0.25, 0.3) is 5.91 Å². The lowest BCUT2D eigenvalue weighted by atomic mass is 9.98. The molecule has 0 unspecified atom stereocenters. The fourth-order valence-corrected chi connectivity index (χ4v) is 2.98. The molecule has 5 heteroatoms. The molecule has 0 radical (unpaired) electrons. The Labute approximate surface area is 166 Å². The average molecular weight is 377 g/mol. The van der Waals surface area contributed by atoms with Crippen molar-refractivity contribution in [3.63, 3.8) is 0 Å². The van der Waals surface area contributed by atoms with Crippen LogP contribution in [0.3, 0.4) is 0 Å². The Morgan fingerprint density at radius 3 is 2.54 bits per heavy atom. The third kappa shape index (κ3) is 5.70. The van der Waals surface area contributed by atoms with Gasteiger partial charge in [-0.1, -0.05) is 62.4 Å². The number of amides is 1. The van der Waals surface area contributed by atoms with Gasteiger partial charge in [0.15, 0.2) is 0 Å². The van der Waals surface area contributed by atoms with Gasteiger partial charge in [0.05, 0.1) is 6.61 Å². The molecule has 0 aliphatic heterocycles. The molecule has 0 fully saturated rings. The molecule has 2 aromatic carbocycles. The number of hydrogen-bond acceptors (Lipinski definition) is 4. The predicted octanol–water partition coefficient (Wildman–Crippen LogP) is 3.96. The van der Waals surface area contributed by atoms with Crippen molar-refractivity contribution in [2.45, 2.75) is 33.2 Å². The summed E-state index contributed by atoms with van der Waals surface area (Å²) in [5, 5.41) is 21.8. The van der Waals surface area contributed by atoms with E-state index in [2.05, 4.69) is 19.2 Å². The number of rotatable bonds is 8. The molecule has 2 aromatic rings. The first-order chi connectivity index (χ1) is 13.5. The van der Waals surface area contributed by atoms with E-state index in [1.54, 1.807) is 4.90 Å². The smallest absolute Gasteiger partial charge is 0.267 e. The summed E-state index contributed by atoms with van der Waals surface area (Å²) in [7, 11) is 0. The monoisotopic (exact) mass is 377 g/mol. The molecule has 146 valence electrons. The van der Waals surface area contributed by atoms with Gasteiger partial charge in [0.1, 0.15) is 11.6 Å². The van der Waals surface area contributed by atoms with Gasteiger partial charge in [-0.15, -0.1) is 0 Å². The molecule has 0 aromatic heterocycles. The van der Waals surface area contributed by atoms with Gasteiger partial charge in [-0.05, 0) is 29.5 Å². The molecular formula is C23H27N3O2. The molecule has 5 nitrogen and oxygen atoms in total. The fourth-order valence-electron chi connectivity index (χ4n) is 2.98. The molecule has 2 N–H and O–H groups in total. The van der Waals surface area contributed by atoms with Crippen molar-refractivity contribution >= 4 is 11.6 Å². The summed E-state index contributed by atoms with van der Waals surface area (Å²) in [5.41, 5.74) is 3.77. The first-order valence-corrected chi connectivity index (χ1v) is 9.37. The van der Waals surface area contributed by atoms with Crippen molar-refractivity contribution in [1.29, 1.82) is 5.26 Å². The molecule has 0 saturated carbocycles. The Kier molecular flexibility index (Phi) is 7.79. The third-order valence-corrected chi connectivity index (χ3v) is 4.46. The van der Waals surface area contributed by atoms with Crippen LogP contribution in [0.25, 0.3) is 0 Å². The number of aryl methyl sites for hydroxylation is 1. The molecule has 1 amide bonds. The number of carbonyl (C=O) groups excluding carboxylic acids is 1. The van der Waals surface area contributed by atoms with Crippen molar-refractivity contribution in [3.8, 4) is 6.07 Å². The van der Waals surface area contributed by atoms with Gasteiger partial charge >= 0.3 is 0 Å². The number of aliphatic hydroxyl groups is 1. The quantitative estimate of drug-likeness (QED) is 0.539. The van der Waals surface area contributed by atoms with Gasteiger partial charge in [0.2, 0.25) is 0 Å². The molecule has 0 aliphatic carbocycles. The second-order valence-electron chi connectivity index (χ2n) is 6.98. The molecule has 28 heavy (non-hydrogen) atoms. The number of carbonyl (C=O) groups is 1. The van der Waals surface area contributed by atoms with Crippen molar-refractivity contribution < 1.29 is 9.90 Å². The van der Waals surface area contributed by atoms with Crippen molar-refractivity contribution in [3.05, 3.63) is 77.0 Å². The van der Waals surface area contributed by atoms with Crippen LogP contribution < -0.4 is 5.32 Å². The lowest BCUT2D eigenvalue weighted by Crippen LogP contribution is -2.24. The average Bonchev–Trinajstić information content (AvgIpc) is 2.68. The molecule has 2 rings (SSSR count). The summed E-state index contributed by atoms with van der Waals surface area (Å²) in [6.45, 7) is 6.82. The number of anilines is 1. The van der Waals surface area contributed by atoms with E-state index in [4.69, 9.17) is 0 Å². The third-order valence-electron chi connectivity index (χ3n) is 4.46. The Morgan fingerprint density at radius 1 is 1.21 bits per heavy atom. The second kappa shape index (κ2) is 10.3. The highest BCUT2D eigenvalue weighted by Crippen LogP contribution is 2.27. The van der Waals surface area contributed by atoms with Gasteiger partial charge in [-0.3, -0.25) is 4.79 Å². The summed E-state index contributed by atoms with van der Waals surface area (Å²) in [6, 6.07) is 17.6. The van der Waals surface area contributed by atoms with Crippen LogP contribution >= 0.6 is 0 Å². The standard InChI is InChI=1S/C23H27N3O2/c1-17(2)21-11-7-8-18(3)22(21)25-23(28)20(14-24)16-26(12-13-27)15-19-9-5-4-6-10-19/h4-11,16-17,27H,12-13,15H2,1-3H3,(H,25,28)/b20-16-. The van der Waals surface area contributed by atoms with Gasteiger partial charge in [-0.25, -0.2) is 0 Å². The van der Waals surface area contributed by atoms with Gasteiger partial charge in [-0.2, -0.15) is 5.26 Å². The van der Waals surface area contributed by atoms with E-state index in [1.807, 2.05) is 61.5 Å². The maximum Gasteiger partial charge on any atom is 0.267 e. The van der Waals surface area contributed by atoms with E-state index < -0.39 is 5.91 Å². The summed E-state index contributed by atoms with van der Waals surface area (Å²) >= 11 is 0. The zero-order chi connectivity index (χ0) is 20.5. The second-order valence-corrected chi connectivity index (χ2v) is 6.98. The van der Waals surface area contributed by atoms with Crippen LogP contribution in [0.5, 0.6) is 0 Å². The van der Waals surface area contributed by atoms with Crippen molar-refractivity contribution in [2.75, 3.05) is 18.5 Å². The molecule has 0 bridgehead atoms. The maximum atomic E-state index is 12.8. The summed E-state index contributed by atoms with van der Waals surface area (Å²) in [5.74, 6) is -0.205. The summed E-state index contributed by atoms with van der Waals surface area (Å²) in [4.78, 5) is 14.5. The van der Waals surface area contributed by atoms with Crippen LogP contribution in [0, 0.1) is 18.3 Å². The first kappa shape index (κ1) is 21.2. The van der Waals surface area contributed by atoms with Crippen LogP contribution in [-0.2, 0) is 11.3 Å². The van der Waals surface area contributed by atoms with E-state index >= 15 is 0 Å². The maximum absolute atomic E-state index is 12.8. The number of para-hydroxylation sites is 1. The number of nitriles is 1. The highest BCUT2D eigenvalue weighted by molar-refractivity contribution is 6.07. The van der Waals surface area contributed by atoms with E-state index in [1.165, 1.54) is 6.20 Å². The molecule has 0 aliphatic rings. The number of hydrogen-bond donors (Lipinski definition) is 2. The van der Waals surface area contributed by atoms with Crippen molar-refractivity contribution in [1.82, 2.24) is 4.90 Å². The molecule has 0 spiro atoms. The normalized spacial score (nSPS) is 11.2. The number of aliphatic hydroxyl groups excluding tert-OH is 1. The topological polar surface area (TPSA) is 76.4 Å². The zero-order valence-electron chi connectivity index (χ0n) is 16.6. The van der Waals surface area contributed by atoms with Crippen LogP contribution in [0.4, 0.5) is 5.69 Å². The lowest BCUT2D eigenvalue weighted by molar-refractivity contribution is -0.112. The van der Waals surface area contributed by atoms with Crippen LogP contribution in [0.2, 0.25) is 0 Å². The van der Waals surface area contributed by atoms with E-state index in [0.29, 0.717) is 13.1 Å². The highest BCUT2D eigenvalue weighted by atomic mass is 16.3. The Hall–Kier alpha value is -3.10. The van der Waals surface area contributed by atoms with Crippen LogP contribution in [-0.4, -0.2) is 29.1 Å². The SMILES string of the molecule is Cc1cccc(C(C)C)c1NC(=O)/C(C#N)=C\N(CCO)Cc1ccccc1. The minimum absolute atomic E-state index is 0.00217. The Morgan fingerprint density at radius 2 is 1.93 bits per heavy atom. The Bertz CT molecular complexity index is 867. The zero-order valence-corrected chi connectivity index (χ0v) is 16.6. The number of nitrogens with zero attached hydrogens (tertiary/aromatic N) is 2. The summed E-state index contributed by atoms with van der Waals surface area (Å²) < 4.78 is 0. The van der Waals surface area contributed by atoms with Gasteiger partial charge in [0, 0.05) is 25.0 Å². The molecular weight excluding hydrogens is 350 g/mol. The molecule has 0 saturated heterocycles. The van der Waals surface area contributed by atoms with Crippen molar-refractivity contribution in [2.24, 2.45) is 0 Å². The minimum Gasteiger partial charge on any atom is -0.395 e. The van der Waals surface area contributed by atoms with Crippen LogP contribution in [0.1, 0.15) is 36.5 Å². The minimum atomic E-state index is -0.449. The number of benzene rings is 2. The largest absolute Gasteiger partial charge is 0.395 e. The van der Waals surface area contributed by atoms with Crippen LogP contribution in [0.15, 0.2) is 60.3 Å². The lowest BCUT2D eigenvalue weighted by Gasteiger charge is -2.20. The van der Waals surface area contributed by atoms with E-state index in [0.717, 1.165) is 22.4 Å². The van der Waals surface area contributed by atoms with E-state index in [-0.39, 0.29) is 18.1 Å². The fraction of sp³-hybridized carbons (Fsp3) is 0.304. The van der Waals surface area contributed by atoms with Gasteiger partial charge < -0.3 is 15.3 Å². The summed E-state index contributed by atoms with van der Waals surface area (Å²) in [6.07, 6.45) is 1.52. The first-order valence-electron chi connectivity index (χ1n) is 9.37. The predicted molar refractivity (Wildman–Crippen MR) is 112 cm³/mol. The molecule has 0 atom stereocenters. The number of nitrogens with one attached hydrogen (secondary N) is 1. The molecule has 0 heterocycles. The Balaban J connectivity index is 2.25.